The zero-order valence-corrected chi connectivity index (χ0v) is 7.34. The molecule has 6 nitrogen and oxygen atoms in total. The van der Waals surface area contributed by atoms with Gasteiger partial charge in [0.05, 0.1) is 5.92 Å². The number of aryl methyl sites for hydroxylation is 1. The number of carboxylic acid groups (broad SMARTS) is 1. The molecule has 0 saturated carbocycles. The number of aliphatic carboxylic acids is 1. The van der Waals surface area contributed by atoms with Crippen molar-refractivity contribution in [2.45, 2.75) is 6.42 Å². The van der Waals surface area contributed by atoms with Gasteiger partial charge in [-0.15, -0.1) is 0 Å². The first-order chi connectivity index (χ1) is 6.13. The molecule has 1 aromatic rings. The highest BCUT2D eigenvalue weighted by Crippen LogP contribution is 2.02. The quantitative estimate of drug-likeness (QED) is 0.627. The Morgan fingerprint density at radius 2 is 2.54 bits per heavy atom. The second-order valence-corrected chi connectivity index (χ2v) is 2.81. The summed E-state index contributed by atoms with van der Waals surface area (Å²) in [5, 5.41) is 12.7. The Hall–Kier alpha value is -1.43. The van der Waals surface area contributed by atoms with E-state index in [1.807, 2.05) is 0 Å². The van der Waals surface area contributed by atoms with Gasteiger partial charge in [-0.2, -0.15) is 5.10 Å². The van der Waals surface area contributed by atoms with E-state index in [4.69, 9.17) is 10.8 Å². The first kappa shape index (κ1) is 9.66. The van der Waals surface area contributed by atoms with E-state index >= 15 is 0 Å². The average molecular weight is 184 g/mol. The molecule has 1 atom stereocenters. The summed E-state index contributed by atoms with van der Waals surface area (Å²) < 4.78 is 1.53. The molecule has 1 aromatic heterocycles. The van der Waals surface area contributed by atoms with Crippen LogP contribution in [-0.2, 0) is 18.3 Å². The molecule has 3 N–H and O–H groups in total. The number of rotatable bonds is 4. The lowest BCUT2D eigenvalue weighted by molar-refractivity contribution is -0.141. The number of nitrogens with two attached hydrogens (primary N) is 1. The van der Waals surface area contributed by atoms with Crippen molar-refractivity contribution in [2.24, 2.45) is 18.7 Å². The topological polar surface area (TPSA) is 94.0 Å². The number of hydrogen-bond acceptors (Lipinski definition) is 4. The van der Waals surface area contributed by atoms with Crippen LogP contribution < -0.4 is 5.73 Å². The molecule has 0 spiro atoms. The van der Waals surface area contributed by atoms with E-state index in [-0.39, 0.29) is 13.0 Å². The van der Waals surface area contributed by atoms with Crippen LogP contribution in [0.3, 0.4) is 0 Å². The van der Waals surface area contributed by atoms with Gasteiger partial charge in [-0.25, -0.2) is 4.98 Å². The van der Waals surface area contributed by atoms with Gasteiger partial charge >= 0.3 is 5.97 Å². The van der Waals surface area contributed by atoms with Crippen molar-refractivity contribution in [2.75, 3.05) is 6.54 Å². The predicted molar refractivity (Wildman–Crippen MR) is 44.9 cm³/mol. The van der Waals surface area contributed by atoms with Crippen molar-refractivity contribution in [3.05, 3.63) is 12.2 Å². The van der Waals surface area contributed by atoms with Gasteiger partial charge < -0.3 is 10.8 Å². The van der Waals surface area contributed by atoms with Gasteiger partial charge in [0.15, 0.2) is 5.82 Å². The summed E-state index contributed by atoms with van der Waals surface area (Å²) in [5.74, 6) is -0.988. The second kappa shape index (κ2) is 3.99. The maximum Gasteiger partial charge on any atom is 0.308 e. The van der Waals surface area contributed by atoms with Crippen molar-refractivity contribution >= 4 is 5.97 Å². The molecule has 0 aliphatic heterocycles. The third-order valence-corrected chi connectivity index (χ3v) is 1.71. The normalized spacial score (nSPS) is 12.8. The van der Waals surface area contributed by atoms with Crippen molar-refractivity contribution in [3.8, 4) is 0 Å². The Morgan fingerprint density at radius 3 is 2.92 bits per heavy atom. The van der Waals surface area contributed by atoms with Crippen LogP contribution in [0.2, 0.25) is 0 Å². The predicted octanol–water partition coefficient (Wildman–Crippen LogP) is -0.983. The molecule has 1 heterocycles. The van der Waals surface area contributed by atoms with E-state index in [9.17, 15) is 4.79 Å². The highest BCUT2D eigenvalue weighted by molar-refractivity contribution is 5.70. The molecule has 0 aliphatic rings. The average Bonchev–Trinajstić information content (AvgIpc) is 2.46. The number of carbonyl (C=O) groups is 1. The third-order valence-electron chi connectivity index (χ3n) is 1.71. The van der Waals surface area contributed by atoms with E-state index in [0.717, 1.165) is 0 Å². The smallest absolute Gasteiger partial charge is 0.308 e. The van der Waals surface area contributed by atoms with Gasteiger partial charge in [0.1, 0.15) is 6.33 Å². The monoisotopic (exact) mass is 184 g/mol. The Labute approximate surface area is 75.4 Å². The maximum atomic E-state index is 10.6. The summed E-state index contributed by atoms with van der Waals surface area (Å²) >= 11 is 0. The van der Waals surface area contributed by atoms with Crippen LogP contribution in [0, 0.1) is 5.92 Å². The van der Waals surface area contributed by atoms with Crippen molar-refractivity contribution < 1.29 is 9.90 Å². The molecular formula is C7H12N4O2. The standard InChI is InChI=1S/C7H12N4O2/c1-11-4-9-6(10-11)2-5(3-8)7(12)13/h4-5H,2-3,8H2,1H3,(H,12,13). The lowest BCUT2D eigenvalue weighted by atomic mass is 10.1. The summed E-state index contributed by atoms with van der Waals surface area (Å²) in [6.07, 6.45) is 1.82. The minimum atomic E-state index is -0.907. The molecule has 0 saturated heterocycles. The molecular weight excluding hydrogens is 172 g/mol. The summed E-state index contributed by atoms with van der Waals surface area (Å²) in [4.78, 5) is 14.5. The SMILES string of the molecule is Cn1cnc(CC(CN)C(=O)O)n1. The van der Waals surface area contributed by atoms with Crippen LogP contribution >= 0.6 is 0 Å². The highest BCUT2D eigenvalue weighted by Gasteiger charge is 2.17. The van der Waals surface area contributed by atoms with Gasteiger partial charge in [0.2, 0.25) is 0 Å². The van der Waals surface area contributed by atoms with Crippen molar-refractivity contribution in [1.82, 2.24) is 14.8 Å². The number of aromatic nitrogens is 3. The first-order valence-corrected chi connectivity index (χ1v) is 3.91. The fraction of sp³-hybridized carbons (Fsp3) is 0.571. The Morgan fingerprint density at radius 1 is 1.85 bits per heavy atom. The molecule has 0 amide bonds. The highest BCUT2D eigenvalue weighted by atomic mass is 16.4. The summed E-state index contributed by atoms with van der Waals surface area (Å²) in [6.45, 7) is 0.105. The molecule has 1 rings (SSSR count). The zero-order chi connectivity index (χ0) is 9.84. The Kier molecular flexibility index (Phi) is 2.97. The molecule has 72 valence electrons. The van der Waals surface area contributed by atoms with Crippen molar-refractivity contribution in [3.63, 3.8) is 0 Å². The number of hydrogen-bond donors (Lipinski definition) is 2. The minimum absolute atomic E-state index is 0.105. The first-order valence-electron chi connectivity index (χ1n) is 3.91. The van der Waals surface area contributed by atoms with E-state index < -0.39 is 11.9 Å². The zero-order valence-electron chi connectivity index (χ0n) is 7.34. The number of carboxylic acids is 1. The van der Waals surface area contributed by atoms with Crippen LogP contribution in [0.4, 0.5) is 0 Å². The second-order valence-electron chi connectivity index (χ2n) is 2.81. The van der Waals surface area contributed by atoms with Crippen LogP contribution in [-0.4, -0.2) is 32.4 Å². The molecule has 1 unspecified atom stereocenters. The molecule has 0 bridgehead atoms. The van der Waals surface area contributed by atoms with Crippen LogP contribution in [0.15, 0.2) is 6.33 Å². The van der Waals surface area contributed by atoms with E-state index in [0.29, 0.717) is 5.82 Å². The molecule has 0 aromatic carbocycles. The van der Waals surface area contributed by atoms with Crippen LogP contribution in [0.5, 0.6) is 0 Å². The fourth-order valence-corrected chi connectivity index (χ4v) is 0.969. The largest absolute Gasteiger partial charge is 0.481 e. The fourth-order valence-electron chi connectivity index (χ4n) is 0.969. The molecule has 0 radical (unpaired) electrons. The summed E-state index contributed by atoms with van der Waals surface area (Å²) in [7, 11) is 1.73. The lowest BCUT2D eigenvalue weighted by Gasteiger charge is -2.05. The molecule has 6 heteroatoms. The van der Waals surface area contributed by atoms with Gasteiger partial charge in [-0.3, -0.25) is 9.48 Å². The lowest BCUT2D eigenvalue weighted by Crippen LogP contribution is -2.25. The van der Waals surface area contributed by atoms with E-state index in [2.05, 4.69) is 10.1 Å². The molecule has 0 fully saturated rings. The Balaban J connectivity index is 2.61. The van der Waals surface area contributed by atoms with Gasteiger partial charge in [0, 0.05) is 20.0 Å². The van der Waals surface area contributed by atoms with Gasteiger partial charge in [0.25, 0.3) is 0 Å². The maximum absolute atomic E-state index is 10.6. The summed E-state index contributed by atoms with van der Waals surface area (Å²) in [5.41, 5.74) is 5.29. The number of nitrogens with zero attached hydrogens (tertiary/aromatic N) is 3. The summed E-state index contributed by atoms with van der Waals surface area (Å²) in [6, 6.07) is 0. The Bertz CT molecular complexity index is 296. The molecule has 13 heavy (non-hydrogen) atoms. The van der Waals surface area contributed by atoms with Crippen LogP contribution in [0.1, 0.15) is 5.82 Å². The van der Waals surface area contributed by atoms with E-state index in [1.165, 1.54) is 11.0 Å². The van der Waals surface area contributed by atoms with Gasteiger partial charge in [-0.1, -0.05) is 0 Å². The van der Waals surface area contributed by atoms with Crippen LogP contribution in [0.25, 0.3) is 0 Å². The minimum Gasteiger partial charge on any atom is -0.481 e. The van der Waals surface area contributed by atoms with Crippen molar-refractivity contribution in [1.29, 1.82) is 0 Å². The van der Waals surface area contributed by atoms with E-state index in [1.54, 1.807) is 7.05 Å². The van der Waals surface area contributed by atoms with Gasteiger partial charge in [-0.05, 0) is 0 Å². The third kappa shape index (κ3) is 2.51. The molecule has 0 aliphatic carbocycles.